The van der Waals surface area contributed by atoms with E-state index in [-0.39, 0.29) is 19.4 Å². The van der Waals surface area contributed by atoms with Gasteiger partial charge in [-0.05, 0) is 44.9 Å². The van der Waals surface area contributed by atoms with Crippen molar-refractivity contribution in [1.82, 2.24) is 0 Å². The minimum atomic E-state index is -4.75. The van der Waals surface area contributed by atoms with Gasteiger partial charge in [0.05, 0.1) is 6.61 Å². The zero-order valence-corrected chi connectivity index (χ0v) is 29.4. The summed E-state index contributed by atoms with van der Waals surface area (Å²) in [5.74, 6) is -0.905. The molecule has 9 heteroatoms. The van der Waals surface area contributed by atoms with Crippen LogP contribution in [0.4, 0.5) is 0 Å². The number of unbranched alkanes of at least 4 members (excludes halogenated alkanes) is 16. The maximum atomic E-state index is 12.3. The Kier molecular flexibility index (Phi) is 31.0. The molecular formula is C36H65O8P. The van der Waals surface area contributed by atoms with Gasteiger partial charge < -0.3 is 19.3 Å². The Balaban J connectivity index is 4.02. The van der Waals surface area contributed by atoms with Gasteiger partial charge in [0.25, 0.3) is 0 Å². The molecule has 0 rings (SSSR count). The van der Waals surface area contributed by atoms with Gasteiger partial charge in [0.2, 0.25) is 0 Å². The molecule has 262 valence electrons. The van der Waals surface area contributed by atoms with Crippen LogP contribution in [-0.2, 0) is 28.2 Å². The number of hydrogen-bond acceptors (Lipinski definition) is 6. The summed E-state index contributed by atoms with van der Waals surface area (Å²) in [6.07, 6.45) is 35.8. The minimum absolute atomic E-state index is 0.193. The molecule has 0 radical (unpaired) electrons. The number of carbonyl (C=O) groups is 2. The molecule has 0 amide bonds. The predicted molar refractivity (Wildman–Crippen MR) is 184 cm³/mol. The lowest BCUT2D eigenvalue weighted by Crippen LogP contribution is -2.29. The largest absolute Gasteiger partial charge is 0.469 e. The molecule has 0 aliphatic rings. The van der Waals surface area contributed by atoms with E-state index in [1.54, 1.807) is 0 Å². The molecule has 2 N–H and O–H groups in total. The molecule has 0 aromatic heterocycles. The third-order valence-electron chi connectivity index (χ3n) is 7.42. The molecule has 0 aromatic carbocycles. The van der Waals surface area contributed by atoms with Crippen LogP contribution in [0.2, 0.25) is 0 Å². The molecule has 0 heterocycles. The van der Waals surface area contributed by atoms with Gasteiger partial charge in [-0.15, -0.1) is 0 Å². The molecule has 1 atom stereocenters. The molecule has 0 unspecified atom stereocenters. The fourth-order valence-electron chi connectivity index (χ4n) is 4.80. The van der Waals surface area contributed by atoms with E-state index in [1.165, 1.54) is 57.8 Å². The van der Waals surface area contributed by atoms with Crippen LogP contribution in [0.1, 0.15) is 162 Å². The van der Waals surface area contributed by atoms with E-state index in [1.807, 2.05) is 0 Å². The molecule has 8 nitrogen and oxygen atoms in total. The molecule has 0 saturated carbocycles. The maximum Gasteiger partial charge on any atom is 0.469 e. The first-order chi connectivity index (χ1) is 21.8. The third kappa shape index (κ3) is 35.0. The minimum Gasteiger partial charge on any atom is -0.462 e. The average Bonchev–Trinajstić information content (AvgIpc) is 3.00. The first-order valence-corrected chi connectivity index (χ1v) is 19.3. The van der Waals surface area contributed by atoms with Crippen LogP contribution in [0.5, 0.6) is 0 Å². The number of esters is 2. The number of carbonyl (C=O) groups excluding carboxylic acids is 2. The van der Waals surface area contributed by atoms with Gasteiger partial charge in [-0.1, -0.05) is 140 Å². The summed E-state index contributed by atoms with van der Waals surface area (Å²) >= 11 is 0. The molecule has 45 heavy (non-hydrogen) atoms. The summed E-state index contributed by atoms with van der Waals surface area (Å²) in [6.45, 7) is 3.54. The van der Waals surface area contributed by atoms with Gasteiger partial charge in [0, 0.05) is 12.8 Å². The Morgan fingerprint density at radius 2 is 1.07 bits per heavy atom. The second-order valence-electron chi connectivity index (χ2n) is 11.8. The van der Waals surface area contributed by atoms with Crippen molar-refractivity contribution < 1.29 is 37.9 Å². The molecule has 0 fully saturated rings. The molecular weight excluding hydrogens is 591 g/mol. The summed E-state index contributed by atoms with van der Waals surface area (Å²) in [6, 6.07) is 0. The molecule has 0 bridgehead atoms. The third-order valence-corrected chi connectivity index (χ3v) is 7.91. The molecule has 0 aliphatic heterocycles. The topological polar surface area (TPSA) is 119 Å². The molecule has 0 aromatic rings. The van der Waals surface area contributed by atoms with Gasteiger partial charge >= 0.3 is 19.8 Å². The monoisotopic (exact) mass is 656 g/mol. The fourth-order valence-corrected chi connectivity index (χ4v) is 5.16. The normalized spacial score (nSPS) is 12.9. The first-order valence-electron chi connectivity index (χ1n) is 17.8. The van der Waals surface area contributed by atoms with Gasteiger partial charge in [0.15, 0.2) is 6.10 Å². The van der Waals surface area contributed by atoms with Crippen LogP contribution in [0.3, 0.4) is 0 Å². The van der Waals surface area contributed by atoms with E-state index in [4.69, 9.17) is 19.3 Å². The van der Waals surface area contributed by atoms with Crippen LogP contribution >= 0.6 is 7.82 Å². The number of phosphoric ester groups is 1. The zero-order chi connectivity index (χ0) is 33.3. The maximum absolute atomic E-state index is 12.3. The van der Waals surface area contributed by atoms with E-state index in [0.29, 0.717) is 6.42 Å². The highest BCUT2D eigenvalue weighted by atomic mass is 31.2. The second kappa shape index (κ2) is 32.2. The Bertz CT molecular complexity index is 833. The van der Waals surface area contributed by atoms with Crippen LogP contribution < -0.4 is 0 Å². The van der Waals surface area contributed by atoms with Gasteiger partial charge in [-0.3, -0.25) is 14.1 Å². The summed E-state index contributed by atoms with van der Waals surface area (Å²) in [5.41, 5.74) is 0. The number of ether oxygens (including phenoxy) is 2. The van der Waals surface area contributed by atoms with Gasteiger partial charge in [-0.2, -0.15) is 0 Å². The molecule has 0 saturated heterocycles. The second-order valence-corrected chi connectivity index (χ2v) is 13.1. The van der Waals surface area contributed by atoms with Crippen molar-refractivity contribution in [1.29, 1.82) is 0 Å². The lowest BCUT2D eigenvalue weighted by Gasteiger charge is -2.18. The number of phosphoric acid groups is 1. The smallest absolute Gasteiger partial charge is 0.462 e. The van der Waals surface area contributed by atoms with E-state index in [0.717, 1.165) is 70.6 Å². The lowest BCUT2D eigenvalue weighted by atomic mass is 10.0. The Morgan fingerprint density at radius 3 is 1.60 bits per heavy atom. The predicted octanol–water partition coefficient (Wildman–Crippen LogP) is 10.2. The van der Waals surface area contributed by atoms with Crippen molar-refractivity contribution >= 4 is 19.8 Å². The van der Waals surface area contributed by atoms with E-state index in [2.05, 4.69) is 54.8 Å². The molecule has 0 aliphatic carbocycles. The lowest BCUT2D eigenvalue weighted by molar-refractivity contribution is -0.161. The van der Waals surface area contributed by atoms with Gasteiger partial charge in [0.1, 0.15) is 6.61 Å². The van der Waals surface area contributed by atoms with Crippen molar-refractivity contribution in [2.75, 3.05) is 13.2 Å². The highest BCUT2D eigenvalue weighted by Crippen LogP contribution is 2.36. The van der Waals surface area contributed by atoms with Crippen LogP contribution in [0.25, 0.3) is 0 Å². The highest BCUT2D eigenvalue weighted by Gasteiger charge is 2.22. The van der Waals surface area contributed by atoms with Gasteiger partial charge in [-0.25, -0.2) is 4.57 Å². The average molecular weight is 657 g/mol. The zero-order valence-electron chi connectivity index (χ0n) is 28.5. The summed E-state index contributed by atoms with van der Waals surface area (Å²) in [7, 11) is -4.75. The van der Waals surface area contributed by atoms with Crippen LogP contribution in [0, 0.1) is 0 Å². The van der Waals surface area contributed by atoms with Crippen molar-refractivity contribution in [3.05, 3.63) is 36.5 Å². The van der Waals surface area contributed by atoms with Crippen LogP contribution in [-0.4, -0.2) is 41.0 Å². The number of hydrogen-bond donors (Lipinski definition) is 2. The Morgan fingerprint density at radius 1 is 0.600 bits per heavy atom. The summed E-state index contributed by atoms with van der Waals surface area (Å²) in [4.78, 5) is 42.6. The Labute approximate surface area is 274 Å². The van der Waals surface area contributed by atoms with Crippen molar-refractivity contribution in [3.8, 4) is 0 Å². The van der Waals surface area contributed by atoms with Crippen molar-refractivity contribution in [2.24, 2.45) is 0 Å². The van der Waals surface area contributed by atoms with Crippen molar-refractivity contribution in [3.63, 3.8) is 0 Å². The number of rotatable bonds is 32. The quantitative estimate of drug-likeness (QED) is 0.0318. The summed E-state index contributed by atoms with van der Waals surface area (Å²) in [5, 5.41) is 0. The first kappa shape index (κ1) is 43.3. The Hall–Kier alpha value is -1.73. The van der Waals surface area contributed by atoms with E-state index in [9.17, 15) is 14.2 Å². The summed E-state index contributed by atoms with van der Waals surface area (Å²) < 4.78 is 26.2. The van der Waals surface area contributed by atoms with E-state index < -0.39 is 32.5 Å². The number of allylic oxidation sites excluding steroid dienone is 6. The van der Waals surface area contributed by atoms with E-state index >= 15 is 0 Å². The SMILES string of the molecule is CC/C=C\C/C=C\C/C=C\CCCCCCCC(=O)O[C@H](COC(=O)CCCCCCCCCCCCCC)COP(=O)(O)O. The standard InChI is InChI=1S/C36H65O8P/c1-3-5-7-9-11-13-15-17-18-19-21-23-25-27-29-31-36(38)44-34(33-43-45(39,40)41)32-42-35(37)30-28-26-24-22-20-16-14-12-10-8-6-4-2/h5,7,11,13,17-18,34H,3-4,6,8-10,12,14-16,19-33H2,1-2H3,(H2,39,40,41)/b7-5-,13-11-,18-17-/t34-/m1/s1. The van der Waals surface area contributed by atoms with Crippen LogP contribution in [0.15, 0.2) is 36.5 Å². The van der Waals surface area contributed by atoms with Crippen molar-refractivity contribution in [2.45, 2.75) is 168 Å². The molecule has 0 spiro atoms. The fraction of sp³-hybridized carbons (Fsp3) is 0.778. The highest BCUT2D eigenvalue weighted by molar-refractivity contribution is 7.46.